The van der Waals surface area contributed by atoms with Gasteiger partial charge in [-0.2, -0.15) is 10.3 Å². The third kappa shape index (κ3) is 1.09. The second-order valence-corrected chi connectivity index (χ2v) is 2.12. The molecule has 0 aliphatic heterocycles. The molecule has 2 aromatic rings. The van der Waals surface area contributed by atoms with Crippen LogP contribution in [0, 0.1) is 0 Å². The van der Waals surface area contributed by atoms with E-state index in [2.05, 4.69) is 30.8 Å². The maximum Gasteiger partial charge on any atom is 0.343 e. The molecule has 0 radical (unpaired) electrons. The van der Waals surface area contributed by atoms with Gasteiger partial charge >= 0.3 is 5.69 Å². The lowest BCUT2D eigenvalue weighted by Crippen LogP contribution is -2.17. The van der Waals surface area contributed by atoms with Gasteiger partial charge in [-0.25, -0.2) is 9.89 Å². The van der Waals surface area contributed by atoms with E-state index in [-0.39, 0.29) is 12.2 Å². The fraction of sp³-hybridized carbons (Fsp3) is 0.250. The number of hydrogen-bond acceptors (Lipinski definition) is 5. The average molecular weight is 167 g/mol. The molecule has 0 saturated heterocycles. The number of aromatic amines is 2. The first-order chi connectivity index (χ1) is 5.86. The Kier molecular flexibility index (Phi) is 1.43. The van der Waals surface area contributed by atoms with Crippen LogP contribution in [0.2, 0.25) is 0 Å². The number of tetrazole rings is 1. The maximum atomic E-state index is 10.9. The number of H-pyrrole nitrogens is 2. The normalized spacial score (nSPS) is 10.3. The SMILES string of the molecule is O=c1[nH]ncn1Cc1nn[nH]n1. The summed E-state index contributed by atoms with van der Waals surface area (Å²) in [6.45, 7) is 0.270. The Morgan fingerprint density at radius 3 is 3.08 bits per heavy atom. The predicted octanol–water partition coefficient (Wildman–Crippen LogP) is -1.87. The highest BCUT2D eigenvalue weighted by Gasteiger charge is 2.01. The summed E-state index contributed by atoms with van der Waals surface area (Å²) in [6.07, 6.45) is 1.37. The Labute approximate surface area is 65.6 Å². The summed E-state index contributed by atoms with van der Waals surface area (Å²) in [5.41, 5.74) is -0.292. The molecule has 0 aromatic carbocycles. The lowest BCUT2D eigenvalue weighted by atomic mass is 10.6. The fourth-order valence-corrected chi connectivity index (χ4v) is 0.785. The van der Waals surface area contributed by atoms with Crippen molar-refractivity contribution in [2.45, 2.75) is 6.54 Å². The molecule has 0 saturated carbocycles. The summed E-state index contributed by atoms with van der Waals surface area (Å²) in [6, 6.07) is 0. The van der Waals surface area contributed by atoms with Crippen LogP contribution >= 0.6 is 0 Å². The lowest BCUT2D eigenvalue weighted by Gasteiger charge is -1.90. The van der Waals surface area contributed by atoms with Gasteiger partial charge < -0.3 is 0 Å². The minimum absolute atomic E-state index is 0.270. The third-order valence-corrected chi connectivity index (χ3v) is 1.32. The van der Waals surface area contributed by atoms with Gasteiger partial charge in [-0.1, -0.05) is 5.21 Å². The molecule has 0 amide bonds. The first kappa shape index (κ1) is 6.70. The largest absolute Gasteiger partial charge is 0.343 e. The van der Waals surface area contributed by atoms with Crippen LogP contribution in [0.4, 0.5) is 0 Å². The molecule has 62 valence electrons. The fourth-order valence-electron chi connectivity index (χ4n) is 0.785. The van der Waals surface area contributed by atoms with Crippen LogP contribution in [-0.2, 0) is 6.54 Å². The van der Waals surface area contributed by atoms with Gasteiger partial charge in [-0.05, 0) is 0 Å². The van der Waals surface area contributed by atoms with Crippen LogP contribution in [0.15, 0.2) is 11.1 Å². The number of hydrogen-bond donors (Lipinski definition) is 2. The number of aromatic nitrogens is 7. The molecule has 0 bridgehead atoms. The number of nitrogens with one attached hydrogen (secondary N) is 2. The van der Waals surface area contributed by atoms with Gasteiger partial charge in [0.15, 0.2) is 5.82 Å². The summed E-state index contributed by atoms with van der Waals surface area (Å²) in [5.74, 6) is 0.443. The molecular weight excluding hydrogens is 162 g/mol. The molecule has 2 N–H and O–H groups in total. The molecular formula is C4H5N7O. The summed E-state index contributed by atoms with van der Waals surface area (Å²) >= 11 is 0. The van der Waals surface area contributed by atoms with Gasteiger partial charge in [-0.15, -0.1) is 10.2 Å². The number of rotatable bonds is 2. The summed E-state index contributed by atoms with van der Waals surface area (Å²) in [7, 11) is 0. The molecule has 2 aromatic heterocycles. The number of nitrogens with zero attached hydrogens (tertiary/aromatic N) is 5. The van der Waals surface area contributed by atoms with E-state index in [1.165, 1.54) is 10.9 Å². The third-order valence-electron chi connectivity index (χ3n) is 1.32. The molecule has 2 heterocycles. The molecule has 8 heteroatoms. The van der Waals surface area contributed by atoms with Gasteiger partial charge in [-0.3, -0.25) is 4.57 Å². The van der Waals surface area contributed by atoms with E-state index in [0.717, 1.165) is 0 Å². The molecule has 0 aliphatic carbocycles. The Morgan fingerprint density at radius 1 is 1.58 bits per heavy atom. The molecule has 0 atom stereocenters. The first-order valence-electron chi connectivity index (χ1n) is 3.18. The molecule has 0 spiro atoms. The minimum Gasteiger partial charge on any atom is -0.274 e. The average Bonchev–Trinajstić information content (AvgIpc) is 2.65. The van der Waals surface area contributed by atoms with Crippen molar-refractivity contribution in [3.8, 4) is 0 Å². The van der Waals surface area contributed by atoms with E-state index < -0.39 is 0 Å². The van der Waals surface area contributed by atoms with Crippen molar-refractivity contribution >= 4 is 0 Å². The van der Waals surface area contributed by atoms with Crippen LogP contribution in [-0.4, -0.2) is 35.4 Å². The van der Waals surface area contributed by atoms with Crippen molar-refractivity contribution in [3.63, 3.8) is 0 Å². The summed E-state index contributed by atoms with van der Waals surface area (Å²) in [5, 5.41) is 18.8. The summed E-state index contributed by atoms with van der Waals surface area (Å²) < 4.78 is 1.34. The topological polar surface area (TPSA) is 105 Å². The second-order valence-electron chi connectivity index (χ2n) is 2.12. The van der Waals surface area contributed by atoms with Gasteiger partial charge in [0.25, 0.3) is 0 Å². The zero-order valence-corrected chi connectivity index (χ0v) is 5.93. The van der Waals surface area contributed by atoms with E-state index in [1.54, 1.807) is 0 Å². The monoisotopic (exact) mass is 167 g/mol. The first-order valence-corrected chi connectivity index (χ1v) is 3.18. The molecule has 8 nitrogen and oxygen atoms in total. The molecule has 0 unspecified atom stereocenters. The van der Waals surface area contributed by atoms with E-state index in [1.807, 2.05) is 0 Å². The van der Waals surface area contributed by atoms with E-state index in [0.29, 0.717) is 5.82 Å². The van der Waals surface area contributed by atoms with E-state index >= 15 is 0 Å². The van der Waals surface area contributed by atoms with Gasteiger partial charge in [0, 0.05) is 0 Å². The molecule has 12 heavy (non-hydrogen) atoms. The molecule has 0 fully saturated rings. The quantitative estimate of drug-likeness (QED) is 0.545. The standard InChI is InChI=1S/C4H5N7O/c12-4-8-5-2-11(4)1-3-6-9-10-7-3/h2H,1H2,(H,8,12)(H,6,7,9,10). The Balaban J connectivity index is 2.25. The van der Waals surface area contributed by atoms with Crippen molar-refractivity contribution < 1.29 is 0 Å². The zero-order chi connectivity index (χ0) is 8.39. The smallest absolute Gasteiger partial charge is 0.274 e. The molecule has 2 rings (SSSR count). The predicted molar refractivity (Wildman–Crippen MR) is 36.1 cm³/mol. The highest BCUT2D eigenvalue weighted by molar-refractivity contribution is 4.79. The van der Waals surface area contributed by atoms with Crippen LogP contribution in [0.5, 0.6) is 0 Å². The van der Waals surface area contributed by atoms with Crippen LogP contribution in [0.3, 0.4) is 0 Å². The van der Waals surface area contributed by atoms with Crippen molar-refractivity contribution in [2.75, 3.05) is 0 Å². The van der Waals surface area contributed by atoms with Crippen molar-refractivity contribution in [1.82, 2.24) is 35.4 Å². The van der Waals surface area contributed by atoms with Crippen LogP contribution in [0.1, 0.15) is 5.82 Å². The second kappa shape index (κ2) is 2.57. The molecule has 0 aliphatic rings. The lowest BCUT2D eigenvalue weighted by molar-refractivity contribution is 0.718. The van der Waals surface area contributed by atoms with Crippen molar-refractivity contribution in [3.05, 3.63) is 22.6 Å². The van der Waals surface area contributed by atoms with Crippen molar-refractivity contribution in [1.29, 1.82) is 0 Å². The highest BCUT2D eigenvalue weighted by Crippen LogP contribution is 1.85. The Bertz CT molecular complexity index is 397. The Morgan fingerprint density at radius 2 is 2.50 bits per heavy atom. The van der Waals surface area contributed by atoms with Gasteiger partial charge in [0.05, 0.1) is 6.54 Å². The summed E-state index contributed by atoms with van der Waals surface area (Å²) in [4.78, 5) is 10.9. The van der Waals surface area contributed by atoms with Gasteiger partial charge in [0.2, 0.25) is 0 Å². The van der Waals surface area contributed by atoms with E-state index in [9.17, 15) is 4.79 Å². The zero-order valence-electron chi connectivity index (χ0n) is 5.93. The highest BCUT2D eigenvalue weighted by atomic mass is 16.1. The Hall–Kier alpha value is -1.99. The van der Waals surface area contributed by atoms with Crippen LogP contribution in [0.25, 0.3) is 0 Å². The van der Waals surface area contributed by atoms with Crippen molar-refractivity contribution in [2.24, 2.45) is 0 Å². The van der Waals surface area contributed by atoms with E-state index in [4.69, 9.17) is 0 Å². The maximum absolute atomic E-state index is 10.9. The minimum atomic E-state index is -0.292. The van der Waals surface area contributed by atoms with Gasteiger partial charge in [0.1, 0.15) is 6.33 Å². The van der Waals surface area contributed by atoms with Crippen LogP contribution < -0.4 is 5.69 Å².